The van der Waals surface area contributed by atoms with Crippen molar-refractivity contribution >= 4 is 23.5 Å². The third-order valence-corrected chi connectivity index (χ3v) is 4.56. The molecule has 0 aliphatic carbocycles. The van der Waals surface area contributed by atoms with Crippen molar-refractivity contribution in [2.45, 2.75) is 18.2 Å². The fraction of sp³-hybridized carbons (Fsp3) is 0.312. The molecule has 0 atom stereocenters. The Bertz CT molecular complexity index is 749. The topological polar surface area (TPSA) is 46.5 Å². The number of benzene rings is 1. The van der Waals surface area contributed by atoms with Crippen LogP contribution in [0.1, 0.15) is 23.0 Å². The largest absolute Gasteiger partial charge is 0.342 e. The molecule has 24 heavy (non-hydrogen) atoms. The van der Waals surface area contributed by atoms with E-state index >= 15 is 0 Å². The zero-order chi connectivity index (χ0) is 17.9. The van der Waals surface area contributed by atoms with Crippen LogP contribution in [0.25, 0.3) is 0 Å². The first-order valence-corrected chi connectivity index (χ1v) is 8.09. The molecule has 0 bridgehead atoms. The Labute approximate surface area is 143 Å². The number of nitrogens with one attached hydrogen (secondary N) is 1. The summed E-state index contributed by atoms with van der Waals surface area (Å²) in [5.74, 6) is -1.71. The predicted octanol–water partition coefficient (Wildman–Crippen LogP) is 3.62. The number of nitrogens with zero attached hydrogens (tertiary/aromatic N) is 2. The maximum atomic E-state index is 14.5. The Hall–Kier alpha value is -2.06. The highest BCUT2D eigenvalue weighted by molar-refractivity contribution is 8.00. The molecule has 0 saturated heterocycles. The van der Waals surface area contributed by atoms with Crippen LogP contribution < -0.4 is 4.72 Å². The second-order valence-electron chi connectivity index (χ2n) is 5.09. The summed E-state index contributed by atoms with van der Waals surface area (Å²) in [5, 5.41) is 0.932. The summed E-state index contributed by atoms with van der Waals surface area (Å²) in [6.07, 6.45) is 2.09. The number of halogens is 2. The SMILES string of the molecule is CCc1cccc(F)c1SNc1cn(C)c(C(=O)N(C)OC)c1F. The average molecular weight is 355 g/mol. The number of amides is 1. The molecule has 0 saturated carbocycles. The second-order valence-corrected chi connectivity index (χ2v) is 5.90. The van der Waals surface area contributed by atoms with Gasteiger partial charge in [0.1, 0.15) is 11.5 Å². The fourth-order valence-electron chi connectivity index (χ4n) is 2.20. The molecular formula is C16H19F2N3O2S. The summed E-state index contributed by atoms with van der Waals surface area (Å²) < 4.78 is 32.6. The first kappa shape index (κ1) is 18.3. The second kappa shape index (κ2) is 7.67. The molecule has 0 spiro atoms. The van der Waals surface area contributed by atoms with Gasteiger partial charge in [-0.05, 0) is 30.0 Å². The van der Waals surface area contributed by atoms with Crippen LogP contribution in [0.15, 0.2) is 29.3 Å². The van der Waals surface area contributed by atoms with E-state index < -0.39 is 11.7 Å². The molecule has 1 aromatic carbocycles. The zero-order valence-electron chi connectivity index (χ0n) is 13.9. The van der Waals surface area contributed by atoms with E-state index in [1.165, 1.54) is 31.0 Å². The van der Waals surface area contributed by atoms with Gasteiger partial charge in [-0.25, -0.2) is 13.8 Å². The Morgan fingerprint density at radius 1 is 1.42 bits per heavy atom. The molecular weight excluding hydrogens is 336 g/mol. The monoisotopic (exact) mass is 355 g/mol. The van der Waals surface area contributed by atoms with Crippen LogP contribution in [0.5, 0.6) is 0 Å². The van der Waals surface area contributed by atoms with Crippen molar-refractivity contribution in [1.82, 2.24) is 9.63 Å². The number of carbonyl (C=O) groups excluding carboxylic acids is 1. The van der Waals surface area contributed by atoms with Crippen LogP contribution >= 0.6 is 11.9 Å². The average Bonchev–Trinajstić information content (AvgIpc) is 2.85. The van der Waals surface area contributed by atoms with Gasteiger partial charge in [0.05, 0.1) is 17.7 Å². The van der Waals surface area contributed by atoms with E-state index in [1.54, 1.807) is 13.1 Å². The highest BCUT2D eigenvalue weighted by atomic mass is 32.2. The first-order chi connectivity index (χ1) is 11.4. The number of rotatable bonds is 6. The quantitative estimate of drug-likeness (QED) is 0.635. The highest BCUT2D eigenvalue weighted by Gasteiger charge is 2.24. The standard InChI is InChI=1S/C16H19F2N3O2S/c1-5-10-7-6-8-11(17)15(10)24-19-12-9-20(2)14(13(12)18)16(22)21(3)23-4/h6-9,19H,5H2,1-4H3. The molecule has 2 aromatic rings. The van der Waals surface area contributed by atoms with E-state index in [2.05, 4.69) is 4.72 Å². The minimum atomic E-state index is -0.715. The van der Waals surface area contributed by atoms with Crippen molar-refractivity contribution in [3.63, 3.8) is 0 Å². The van der Waals surface area contributed by atoms with Gasteiger partial charge >= 0.3 is 0 Å². The van der Waals surface area contributed by atoms with E-state index in [4.69, 9.17) is 4.84 Å². The van der Waals surface area contributed by atoms with Gasteiger partial charge in [-0.3, -0.25) is 9.63 Å². The number of carbonyl (C=O) groups is 1. The van der Waals surface area contributed by atoms with Crippen LogP contribution in [0.4, 0.5) is 14.5 Å². The van der Waals surface area contributed by atoms with Gasteiger partial charge in [-0.1, -0.05) is 19.1 Å². The van der Waals surface area contributed by atoms with E-state index in [-0.39, 0.29) is 17.2 Å². The van der Waals surface area contributed by atoms with Crippen molar-refractivity contribution in [2.24, 2.45) is 7.05 Å². The molecule has 130 valence electrons. The molecule has 1 heterocycles. The first-order valence-electron chi connectivity index (χ1n) is 7.27. The van der Waals surface area contributed by atoms with E-state index in [1.807, 2.05) is 13.0 Å². The van der Waals surface area contributed by atoms with Crippen LogP contribution in [0.3, 0.4) is 0 Å². The number of hydrogen-bond acceptors (Lipinski definition) is 4. The molecule has 0 unspecified atom stereocenters. The zero-order valence-corrected chi connectivity index (χ0v) is 14.7. The lowest BCUT2D eigenvalue weighted by Gasteiger charge is -2.13. The van der Waals surface area contributed by atoms with Crippen molar-refractivity contribution < 1.29 is 18.4 Å². The summed E-state index contributed by atoms with van der Waals surface area (Å²) in [4.78, 5) is 17.3. The summed E-state index contributed by atoms with van der Waals surface area (Å²) in [5.41, 5.74) is 0.770. The summed E-state index contributed by atoms with van der Waals surface area (Å²) in [6, 6.07) is 4.81. The minimum Gasteiger partial charge on any atom is -0.342 e. The smallest absolute Gasteiger partial charge is 0.296 e. The number of anilines is 1. The van der Waals surface area contributed by atoms with Gasteiger partial charge in [0.2, 0.25) is 0 Å². The van der Waals surface area contributed by atoms with E-state index in [9.17, 15) is 13.6 Å². The third-order valence-electron chi connectivity index (χ3n) is 3.57. The Balaban J connectivity index is 2.25. The van der Waals surface area contributed by atoms with Gasteiger partial charge in [-0.15, -0.1) is 0 Å². The highest BCUT2D eigenvalue weighted by Crippen LogP contribution is 2.30. The van der Waals surface area contributed by atoms with Crippen molar-refractivity contribution in [3.8, 4) is 0 Å². The Kier molecular flexibility index (Phi) is 5.84. The van der Waals surface area contributed by atoms with Gasteiger partial charge < -0.3 is 9.29 Å². The van der Waals surface area contributed by atoms with Crippen molar-refractivity contribution in [2.75, 3.05) is 18.9 Å². The predicted molar refractivity (Wildman–Crippen MR) is 89.7 cm³/mol. The molecule has 2 rings (SSSR count). The van der Waals surface area contributed by atoms with Crippen LogP contribution in [-0.2, 0) is 18.3 Å². The van der Waals surface area contributed by atoms with Crippen molar-refractivity contribution in [3.05, 3.63) is 47.3 Å². The molecule has 0 radical (unpaired) electrons. The number of hydroxylamine groups is 2. The van der Waals surface area contributed by atoms with E-state index in [0.29, 0.717) is 11.3 Å². The fourth-order valence-corrected chi connectivity index (χ4v) is 3.06. The van der Waals surface area contributed by atoms with Crippen LogP contribution in [0.2, 0.25) is 0 Å². The molecule has 0 aliphatic heterocycles. The molecule has 8 heteroatoms. The van der Waals surface area contributed by atoms with Gasteiger partial charge in [0, 0.05) is 20.3 Å². The number of aryl methyl sites for hydroxylation is 2. The number of hydrogen-bond donors (Lipinski definition) is 1. The van der Waals surface area contributed by atoms with Gasteiger partial charge in [-0.2, -0.15) is 0 Å². The normalized spacial score (nSPS) is 10.8. The van der Waals surface area contributed by atoms with Gasteiger partial charge in [0.25, 0.3) is 5.91 Å². The summed E-state index contributed by atoms with van der Waals surface area (Å²) >= 11 is 0.979. The third kappa shape index (κ3) is 3.54. The lowest BCUT2D eigenvalue weighted by Crippen LogP contribution is -2.27. The molecule has 5 nitrogen and oxygen atoms in total. The molecule has 0 aliphatic rings. The van der Waals surface area contributed by atoms with Gasteiger partial charge in [0.15, 0.2) is 5.82 Å². The van der Waals surface area contributed by atoms with Crippen molar-refractivity contribution in [1.29, 1.82) is 0 Å². The van der Waals surface area contributed by atoms with Crippen LogP contribution in [0, 0.1) is 11.6 Å². The molecule has 1 amide bonds. The maximum absolute atomic E-state index is 14.5. The Morgan fingerprint density at radius 3 is 2.75 bits per heavy atom. The lowest BCUT2D eigenvalue weighted by atomic mass is 10.2. The summed E-state index contributed by atoms with van der Waals surface area (Å²) in [6.45, 7) is 1.92. The minimum absolute atomic E-state index is 0.0978. The maximum Gasteiger partial charge on any atom is 0.296 e. The van der Waals surface area contributed by atoms with E-state index in [0.717, 1.165) is 22.6 Å². The van der Waals surface area contributed by atoms with Crippen LogP contribution in [-0.4, -0.2) is 29.7 Å². The Morgan fingerprint density at radius 2 is 2.12 bits per heavy atom. The summed E-state index contributed by atoms with van der Waals surface area (Å²) in [7, 11) is 4.26. The molecule has 1 N–H and O–H groups in total. The molecule has 1 aromatic heterocycles. The lowest BCUT2D eigenvalue weighted by molar-refractivity contribution is -0.0765. The number of aromatic nitrogens is 1. The molecule has 0 fully saturated rings.